The van der Waals surface area contributed by atoms with Gasteiger partial charge in [0.05, 0.1) is 17.3 Å². The van der Waals surface area contributed by atoms with Crippen molar-refractivity contribution in [2.45, 2.75) is 0 Å². The maximum absolute atomic E-state index is 12.1. The standard InChI is InChI=1S/C15H14BrN3O2S/c1-21-13-8-7-10(9-12(13)16)14(20)17-15(22)19-18-11-5-3-2-4-6-11/h2-9,18H,1H3,(H2,17,19,20,22). The van der Waals surface area contributed by atoms with E-state index in [1.54, 1.807) is 25.3 Å². The number of thiocarbonyl (C=S) groups is 1. The predicted octanol–water partition coefficient (Wildman–Crippen LogP) is 3.09. The number of ether oxygens (including phenoxy) is 1. The number of hydrogen-bond acceptors (Lipinski definition) is 4. The van der Waals surface area contributed by atoms with Gasteiger partial charge in [-0.25, -0.2) is 0 Å². The Labute approximate surface area is 142 Å². The molecule has 2 aromatic rings. The molecule has 2 aromatic carbocycles. The average Bonchev–Trinajstić information content (AvgIpc) is 2.53. The molecule has 0 heterocycles. The molecule has 0 saturated carbocycles. The minimum absolute atomic E-state index is 0.181. The fourth-order valence-corrected chi connectivity index (χ4v) is 2.35. The number of carbonyl (C=O) groups is 1. The first-order valence-electron chi connectivity index (χ1n) is 6.36. The normalized spacial score (nSPS) is 9.73. The van der Waals surface area contributed by atoms with E-state index in [-0.39, 0.29) is 11.0 Å². The predicted molar refractivity (Wildman–Crippen MR) is 94.0 cm³/mol. The van der Waals surface area contributed by atoms with Crippen LogP contribution in [0, 0.1) is 0 Å². The first-order chi connectivity index (χ1) is 10.6. The minimum atomic E-state index is -0.310. The molecule has 0 fully saturated rings. The van der Waals surface area contributed by atoms with Crippen molar-refractivity contribution in [3.63, 3.8) is 0 Å². The number of halogens is 1. The molecular formula is C15H14BrN3O2S. The fourth-order valence-electron chi connectivity index (χ4n) is 1.66. The Balaban J connectivity index is 1.91. The molecule has 0 atom stereocenters. The van der Waals surface area contributed by atoms with Crippen LogP contribution in [-0.4, -0.2) is 18.1 Å². The van der Waals surface area contributed by atoms with Gasteiger partial charge in [-0.15, -0.1) is 0 Å². The highest BCUT2D eigenvalue weighted by Crippen LogP contribution is 2.25. The number of nitrogens with one attached hydrogen (secondary N) is 3. The van der Waals surface area contributed by atoms with E-state index in [4.69, 9.17) is 17.0 Å². The summed E-state index contributed by atoms with van der Waals surface area (Å²) in [6.07, 6.45) is 0. The van der Waals surface area contributed by atoms with Gasteiger partial charge in [0.2, 0.25) is 0 Å². The molecule has 0 saturated heterocycles. The molecule has 2 rings (SSSR count). The summed E-state index contributed by atoms with van der Waals surface area (Å²) < 4.78 is 5.82. The second-order valence-electron chi connectivity index (χ2n) is 4.25. The van der Waals surface area contributed by atoms with Crippen molar-refractivity contribution < 1.29 is 9.53 Å². The average molecular weight is 380 g/mol. The van der Waals surface area contributed by atoms with Gasteiger partial charge in [-0.05, 0) is 58.5 Å². The number of para-hydroxylation sites is 1. The lowest BCUT2D eigenvalue weighted by molar-refractivity contribution is 0.0976. The van der Waals surface area contributed by atoms with Crippen LogP contribution in [0.25, 0.3) is 0 Å². The van der Waals surface area contributed by atoms with E-state index in [2.05, 4.69) is 32.1 Å². The van der Waals surface area contributed by atoms with Gasteiger partial charge in [0.1, 0.15) is 5.75 Å². The third-order valence-electron chi connectivity index (χ3n) is 2.74. The van der Waals surface area contributed by atoms with E-state index >= 15 is 0 Å². The van der Waals surface area contributed by atoms with Crippen LogP contribution in [0.4, 0.5) is 5.69 Å². The highest BCUT2D eigenvalue weighted by atomic mass is 79.9. The lowest BCUT2D eigenvalue weighted by Gasteiger charge is -2.12. The molecule has 0 aliphatic rings. The molecule has 0 bridgehead atoms. The van der Waals surface area contributed by atoms with Crippen molar-refractivity contribution >= 4 is 44.9 Å². The smallest absolute Gasteiger partial charge is 0.257 e. The topological polar surface area (TPSA) is 62.4 Å². The minimum Gasteiger partial charge on any atom is -0.496 e. The van der Waals surface area contributed by atoms with E-state index in [1.165, 1.54) is 0 Å². The lowest BCUT2D eigenvalue weighted by Crippen LogP contribution is -2.41. The molecule has 0 aliphatic carbocycles. The number of anilines is 1. The Bertz CT molecular complexity index is 680. The van der Waals surface area contributed by atoms with Gasteiger partial charge in [-0.1, -0.05) is 18.2 Å². The van der Waals surface area contributed by atoms with Crippen LogP contribution in [-0.2, 0) is 0 Å². The first kappa shape index (κ1) is 16.3. The third-order valence-corrected chi connectivity index (χ3v) is 3.56. The molecule has 7 heteroatoms. The van der Waals surface area contributed by atoms with Gasteiger partial charge in [0.25, 0.3) is 5.91 Å². The zero-order valence-electron chi connectivity index (χ0n) is 11.7. The van der Waals surface area contributed by atoms with Crippen LogP contribution in [0.1, 0.15) is 10.4 Å². The number of amides is 1. The number of methoxy groups -OCH3 is 1. The number of rotatable bonds is 4. The van der Waals surface area contributed by atoms with Gasteiger partial charge in [0, 0.05) is 5.56 Å². The largest absolute Gasteiger partial charge is 0.496 e. The first-order valence-corrected chi connectivity index (χ1v) is 7.56. The highest BCUT2D eigenvalue weighted by Gasteiger charge is 2.10. The second kappa shape index (κ2) is 7.77. The SMILES string of the molecule is COc1ccc(C(=O)NC(=S)NNc2ccccc2)cc1Br. The van der Waals surface area contributed by atoms with E-state index in [1.807, 2.05) is 30.3 Å². The van der Waals surface area contributed by atoms with E-state index in [0.29, 0.717) is 15.8 Å². The maximum Gasteiger partial charge on any atom is 0.257 e. The van der Waals surface area contributed by atoms with E-state index < -0.39 is 0 Å². The van der Waals surface area contributed by atoms with Crippen molar-refractivity contribution in [3.05, 3.63) is 58.6 Å². The summed E-state index contributed by atoms with van der Waals surface area (Å²) in [5.74, 6) is 0.346. The van der Waals surface area contributed by atoms with Gasteiger partial charge < -0.3 is 4.74 Å². The molecule has 0 aromatic heterocycles. The molecule has 5 nitrogen and oxygen atoms in total. The van der Waals surface area contributed by atoms with Crippen molar-refractivity contribution in [1.29, 1.82) is 0 Å². The Morgan fingerprint density at radius 3 is 2.55 bits per heavy atom. The molecule has 0 spiro atoms. The van der Waals surface area contributed by atoms with E-state index in [9.17, 15) is 4.79 Å². The maximum atomic E-state index is 12.1. The molecule has 1 amide bonds. The number of hydrazine groups is 1. The third kappa shape index (κ3) is 4.44. The molecule has 0 aliphatic heterocycles. The van der Waals surface area contributed by atoms with Gasteiger partial charge in [-0.3, -0.25) is 21.0 Å². The Morgan fingerprint density at radius 2 is 1.91 bits per heavy atom. The van der Waals surface area contributed by atoms with Crippen molar-refractivity contribution in [3.8, 4) is 5.75 Å². The van der Waals surface area contributed by atoms with Crippen molar-refractivity contribution in [2.75, 3.05) is 12.5 Å². The summed E-state index contributed by atoms with van der Waals surface area (Å²) in [4.78, 5) is 12.1. The summed E-state index contributed by atoms with van der Waals surface area (Å²) in [6, 6.07) is 14.5. The van der Waals surface area contributed by atoms with Crippen LogP contribution in [0.15, 0.2) is 53.0 Å². The Kier molecular flexibility index (Phi) is 5.74. The quantitative estimate of drug-likeness (QED) is 0.562. The van der Waals surface area contributed by atoms with Crippen molar-refractivity contribution in [2.24, 2.45) is 0 Å². The second-order valence-corrected chi connectivity index (χ2v) is 5.51. The Morgan fingerprint density at radius 1 is 1.18 bits per heavy atom. The molecule has 3 N–H and O–H groups in total. The van der Waals surface area contributed by atoms with E-state index in [0.717, 1.165) is 5.69 Å². The number of hydrogen-bond donors (Lipinski definition) is 3. The number of carbonyl (C=O) groups excluding carboxylic acids is 1. The van der Waals surface area contributed by atoms with Crippen LogP contribution in [0.2, 0.25) is 0 Å². The molecule has 0 unspecified atom stereocenters. The Hall–Kier alpha value is -2.12. The molecule has 114 valence electrons. The van der Waals surface area contributed by atoms with Crippen molar-refractivity contribution in [1.82, 2.24) is 10.7 Å². The molecular weight excluding hydrogens is 366 g/mol. The molecule has 0 radical (unpaired) electrons. The van der Waals surface area contributed by atoms with Crippen LogP contribution >= 0.6 is 28.1 Å². The highest BCUT2D eigenvalue weighted by molar-refractivity contribution is 9.10. The lowest BCUT2D eigenvalue weighted by atomic mass is 10.2. The fraction of sp³-hybridized carbons (Fsp3) is 0.0667. The van der Waals surface area contributed by atoms with Gasteiger partial charge in [0.15, 0.2) is 5.11 Å². The van der Waals surface area contributed by atoms with Gasteiger partial charge in [-0.2, -0.15) is 0 Å². The summed E-state index contributed by atoms with van der Waals surface area (Å²) in [7, 11) is 1.56. The summed E-state index contributed by atoms with van der Waals surface area (Å²) >= 11 is 8.41. The van der Waals surface area contributed by atoms with Crippen LogP contribution in [0.5, 0.6) is 5.75 Å². The van der Waals surface area contributed by atoms with Crippen LogP contribution in [0.3, 0.4) is 0 Å². The molecule has 22 heavy (non-hydrogen) atoms. The zero-order valence-corrected chi connectivity index (χ0v) is 14.1. The monoisotopic (exact) mass is 379 g/mol. The number of benzene rings is 2. The zero-order chi connectivity index (χ0) is 15.9. The summed E-state index contributed by atoms with van der Waals surface area (Å²) in [5, 5.41) is 2.77. The van der Waals surface area contributed by atoms with Crippen LogP contribution < -0.4 is 20.9 Å². The van der Waals surface area contributed by atoms with Gasteiger partial charge >= 0.3 is 0 Å². The summed E-state index contributed by atoms with van der Waals surface area (Å²) in [6.45, 7) is 0. The summed E-state index contributed by atoms with van der Waals surface area (Å²) in [5.41, 5.74) is 6.95.